The first kappa shape index (κ1) is 14.9. The first-order valence-electron chi connectivity index (χ1n) is 6.84. The van der Waals surface area contributed by atoms with Gasteiger partial charge in [0.15, 0.2) is 11.6 Å². The van der Waals surface area contributed by atoms with Crippen molar-refractivity contribution >= 4 is 5.91 Å². The highest BCUT2D eigenvalue weighted by Gasteiger charge is 2.31. The van der Waals surface area contributed by atoms with Crippen molar-refractivity contribution in [3.63, 3.8) is 0 Å². The van der Waals surface area contributed by atoms with E-state index >= 15 is 0 Å². The molecule has 0 bridgehead atoms. The second kappa shape index (κ2) is 6.79. The SMILES string of the molecule is COCCN(C(=O)CCc1ccc(F)c(F)c1)C1CC1. The van der Waals surface area contributed by atoms with Crippen LogP contribution in [0.2, 0.25) is 0 Å². The molecular weight excluding hydrogens is 264 g/mol. The number of amides is 1. The van der Waals surface area contributed by atoms with Gasteiger partial charge in [-0.2, -0.15) is 0 Å². The lowest BCUT2D eigenvalue weighted by molar-refractivity contribution is -0.132. The summed E-state index contributed by atoms with van der Waals surface area (Å²) >= 11 is 0. The van der Waals surface area contributed by atoms with Gasteiger partial charge >= 0.3 is 0 Å². The minimum atomic E-state index is -0.867. The maximum absolute atomic E-state index is 13.1. The van der Waals surface area contributed by atoms with Crippen LogP contribution in [0.25, 0.3) is 0 Å². The third-order valence-corrected chi connectivity index (χ3v) is 3.46. The molecule has 0 unspecified atom stereocenters. The van der Waals surface area contributed by atoms with Crippen LogP contribution in [-0.4, -0.2) is 37.1 Å². The molecule has 0 spiro atoms. The van der Waals surface area contributed by atoms with Crippen molar-refractivity contribution in [3.05, 3.63) is 35.4 Å². The molecule has 1 aromatic carbocycles. The topological polar surface area (TPSA) is 29.5 Å². The summed E-state index contributed by atoms with van der Waals surface area (Å²) in [5.74, 6) is -1.68. The van der Waals surface area contributed by atoms with Crippen LogP contribution in [0.1, 0.15) is 24.8 Å². The van der Waals surface area contributed by atoms with Crippen molar-refractivity contribution in [2.75, 3.05) is 20.3 Å². The fourth-order valence-electron chi connectivity index (χ4n) is 2.18. The second-order valence-electron chi connectivity index (χ2n) is 5.06. The highest BCUT2D eigenvalue weighted by Crippen LogP contribution is 2.27. The van der Waals surface area contributed by atoms with Crippen molar-refractivity contribution in [2.24, 2.45) is 0 Å². The van der Waals surface area contributed by atoms with Crippen LogP contribution < -0.4 is 0 Å². The lowest BCUT2D eigenvalue weighted by Crippen LogP contribution is -2.35. The lowest BCUT2D eigenvalue weighted by Gasteiger charge is -2.22. The predicted molar refractivity (Wildman–Crippen MR) is 71.3 cm³/mol. The van der Waals surface area contributed by atoms with Crippen molar-refractivity contribution in [1.29, 1.82) is 0 Å². The number of aryl methyl sites for hydroxylation is 1. The van der Waals surface area contributed by atoms with E-state index in [1.165, 1.54) is 6.07 Å². The van der Waals surface area contributed by atoms with Gasteiger partial charge in [-0.25, -0.2) is 8.78 Å². The van der Waals surface area contributed by atoms with Crippen LogP contribution in [-0.2, 0) is 16.0 Å². The Morgan fingerprint density at radius 2 is 2.10 bits per heavy atom. The van der Waals surface area contributed by atoms with Crippen molar-refractivity contribution < 1.29 is 18.3 Å². The summed E-state index contributed by atoms with van der Waals surface area (Å²) < 4.78 is 30.9. The number of hydrogen-bond donors (Lipinski definition) is 0. The molecule has 0 aromatic heterocycles. The molecule has 0 aliphatic heterocycles. The van der Waals surface area contributed by atoms with Crippen LogP contribution in [0.3, 0.4) is 0 Å². The molecule has 1 aliphatic carbocycles. The van der Waals surface area contributed by atoms with Crippen LogP contribution in [0.5, 0.6) is 0 Å². The van der Waals surface area contributed by atoms with Gasteiger partial charge in [0.2, 0.25) is 5.91 Å². The molecule has 2 rings (SSSR count). The van der Waals surface area contributed by atoms with Gasteiger partial charge in [0, 0.05) is 26.1 Å². The van der Waals surface area contributed by atoms with Gasteiger partial charge < -0.3 is 9.64 Å². The Kier molecular flexibility index (Phi) is 5.06. The number of halogens is 2. The fraction of sp³-hybridized carbons (Fsp3) is 0.533. The third-order valence-electron chi connectivity index (χ3n) is 3.46. The van der Waals surface area contributed by atoms with Gasteiger partial charge in [-0.1, -0.05) is 6.07 Å². The maximum Gasteiger partial charge on any atom is 0.223 e. The molecule has 5 heteroatoms. The number of carbonyl (C=O) groups excluding carboxylic acids is 1. The minimum Gasteiger partial charge on any atom is -0.383 e. The highest BCUT2D eigenvalue weighted by atomic mass is 19.2. The quantitative estimate of drug-likeness (QED) is 0.769. The van der Waals surface area contributed by atoms with Crippen molar-refractivity contribution in [3.8, 4) is 0 Å². The van der Waals surface area contributed by atoms with Gasteiger partial charge in [0.1, 0.15) is 0 Å². The minimum absolute atomic E-state index is 0.0503. The summed E-state index contributed by atoms with van der Waals surface area (Å²) in [4.78, 5) is 14.0. The summed E-state index contributed by atoms with van der Waals surface area (Å²) in [6, 6.07) is 4.10. The van der Waals surface area contributed by atoms with E-state index < -0.39 is 11.6 Å². The smallest absolute Gasteiger partial charge is 0.223 e. The molecule has 110 valence electrons. The first-order valence-corrected chi connectivity index (χ1v) is 6.84. The molecular formula is C15H19F2NO2. The normalized spacial score (nSPS) is 14.3. The molecule has 0 N–H and O–H groups in total. The molecule has 1 aromatic rings. The number of hydrogen-bond acceptors (Lipinski definition) is 2. The van der Waals surface area contributed by atoms with Gasteiger partial charge in [-0.15, -0.1) is 0 Å². The molecule has 0 saturated heterocycles. The van der Waals surface area contributed by atoms with Gasteiger partial charge in [0.25, 0.3) is 0 Å². The largest absolute Gasteiger partial charge is 0.383 e. The van der Waals surface area contributed by atoms with Gasteiger partial charge in [-0.05, 0) is 37.0 Å². The number of ether oxygens (including phenoxy) is 1. The molecule has 1 fully saturated rings. The highest BCUT2D eigenvalue weighted by molar-refractivity contribution is 5.77. The summed E-state index contributed by atoms with van der Waals surface area (Å²) in [6.45, 7) is 1.12. The Bertz CT molecular complexity index is 475. The maximum atomic E-state index is 13.1. The van der Waals surface area contributed by atoms with Gasteiger partial charge in [0.05, 0.1) is 6.61 Å². The number of rotatable bonds is 7. The van der Waals surface area contributed by atoms with Gasteiger partial charge in [-0.3, -0.25) is 4.79 Å². The molecule has 3 nitrogen and oxygen atoms in total. The van der Waals surface area contributed by atoms with Crippen molar-refractivity contribution in [1.82, 2.24) is 4.90 Å². The molecule has 0 heterocycles. The number of carbonyl (C=O) groups is 1. The van der Waals surface area contributed by atoms with Crippen molar-refractivity contribution in [2.45, 2.75) is 31.7 Å². The van der Waals surface area contributed by atoms with E-state index in [-0.39, 0.29) is 5.91 Å². The molecule has 20 heavy (non-hydrogen) atoms. The zero-order valence-electron chi connectivity index (χ0n) is 11.6. The lowest BCUT2D eigenvalue weighted by atomic mass is 10.1. The van der Waals surface area contributed by atoms with Crippen LogP contribution in [0, 0.1) is 11.6 Å². The summed E-state index contributed by atoms with van der Waals surface area (Å²) in [6.07, 6.45) is 2.82. The van der Waals surface area contributed by atoms with Crippen LogP contribution in [0.15, 0.2) is 18.2 Å². The fourth-order valence-corrected chi connectivity index (χ4v) is 2.18. The Balaban J connectivity index is 1.87. The first-order chi connectivity index (χ1) is 9.61. The average Bonchev–Trinajstić information content (AvgIpc) is 3.25. The summed E-state index contributed by atoms with van der Waals surface area (Å²) in [5.41, 5.74) is 0.639. The van der Waals surface area contributed by atoms with E-state index in [1.807, 2.05) is 4.90 Å². The molecule has 1 amide bonds. The molecule has 0 atom stereocenters. The monoisotopic (exact) mass is 283 g/mol. The van der Waals surface area contributed by atoms with E-state index in [0.717, 1.165) is 25.0 Å². The average molecular weight is 283 g/mol. The van der Waals surface area contributed by atoms with Crippen LogP contribution >= 0.6 is 0 Å². The standard InChI is InChI=1S/C15H19F2NO2/c1-20-9-8-18(12-4-5-12)15(19)7-3-11-2-6-13(16)14(17)10-11/h2,6,10,12H,3-5,7-9H2,1H3. The zero-order valence-corrected chi connectivity index (χ0v) is 11.6. The Labute approximate surface area is 117 Å². The number of benzene rings is 1. The Morgan fingerprint density at radius 1 is 1.35 bits per heavy atom. The second-order valence-corrected chi connectivity index (χ2v) is 5.06. The predicted octanol–water partition coefficient (Wildman–Crippen LogP) is 2.53. The van der Waals surface area contributed by atoms with E-state index in [4.69, 9.17) is 4.74 Å². The molecule has 1 saturated carbocycles. The molecule has 0 radical (unpaired) electrons. The van der Waals surface area contributed by atoms with E-state index in [2.05, 4.69) is 0 Å². The van der Waals surface area contributed by atoms with E-state index in [9.17, 15) is 13.6 Å². The number of methoxy groups -OCH3 is 1. The Morgan fingerprint density at radius 3 is 2.70 bits per heavy atom. The van der Waals surface area contributed by atoms with Crippen LogP contribution in [0.4, 0.5) is 8.78 Å². The van der Waals surface area contributed by atoms with E-state index in [0.29, 0.717) is 37.6 Å². The number of nitrogens with zero attached hydrogens (tertiary/aromatic N) is 1. The zero-order chi connectivity index (χ0) is 14.5. The summed E-state index contributed by atoms with van der Waals surface area (Å²) in [5, 5.41) is 0. The summed E-state index contributed by atoms with van der Waals surface area (Å²) in [7, 11) is 1.61. The third kappa shape index (κ3) is 4.00. The Hall–Kier alpha value is -1.49. The molecule has 1 aliphatic rings. The van der Waals surface area contributed by atoms with E-state index in [1.54, 1.807) is 7.11 Å².